The first-order chi connectivity index (χ1) is 8.70. The molecule has 0 aliphatic carbocycles. The highest BCUT2D eigenvalue weighted by molar-refractivity contribution is 5.89. The molecule has 0 radical (unpaired) electrons. The van der Waals surface area contributed by atoms with Crippen LogP contribution >= 0.6 is 0 Å². The van der Waals surface area contributed by atoms with Crippen LogP contribution < -0.4 is 0 Å². The zero-order valence-corrected chi connectivity index (χ0v) is 12.3. The van der Waals surface area contributed by atoms with E-state index in [1.165, 1.54) is 0 Å². The Hall–Kier alpha value is -1.35. The molecular formula is C16H24O3. The number of ether oxygens (including phenoxy) is 1. The van der Waals surface area contributed by atoms with Crippen LogP contribution in [-0.2, 0) is 4.74 Å². The molecule has 0 saturated carbocycles. The van der Waals surface area contributed by atoms with Gasteiger partial charge in [0.1, 0.15) is 5.60 Å². The van der Waals surface area contributed by atoms with Crippen LogP contribution in [0.4, 0.5) is 0 Å². The van der Waals surface area contributed by atoms with Gasteiger partial charge in [0.25, 0.3) is 0 Å². The predicted molar refractivity (Wildman–Crippen MR) is 76.1 cm³/mol. The third kappa shape index (κ3) is 6.39. The van der Waals surface area contributed by atoms with Crippen molar-refractivity contribution in [2.24, 2.45) is 0 Å². The molecule has 19 heavy (non-hydrogen) atoms. The lowest BCUT2D eigenvalue weighted by atomic mass is 9.95. The summed E-state index contributed by atoms with van der Waals surface area (Å²) in [6.07, 6.45) is 2.24. The number of aliphatic hydroxyl groups is 1. The maximum atomic E-state index is 11.9. The Morgan fingerprint density at radius 1 is 1.11 bits per heavy atom. The van der Waals surface area contributed by atoms with E-state index in [4.69, 9.17) is 4.74 Å². The molecule has 0 aliphatic rings. The maximum absolute atomic E-state index is 11.9. The average molecular weight is 264 g/mol. The minimum Gasteiger partial charge on any atom is -0.456 e. The monoisotopic (exact) mass is 264 g/mol. The third-order valence-corrected chi connectivity index (χ3v) is 2.95. The van der Waals surface area contributed by atoms with Crippen LogP contribution in [0.1, 0.15) is 57.3 Å². The Labute approximate surface area is 115 Å². The molecule has 0 aliphatic heterocycles. The minimum atomic E-state index is -0.667. The van der Waals surface area contributed by atoms with Gasteiger partial charge in [-0.25, -0.2) is 4.79 Å². The van der Waals surface area contributed by atoms with Gasteiger partial charge in [-0.2, -0.15) is 0 Å². The van der Waals surface area contributed by atoms with E-state index in [0.29, 0.717) is 12.0 Å². The van der Waals surface area contributed by atoms with E-state index in [9.17, 15) is 9.90 Å². The highest BCUT2D eigenvalue weighted by Gasteiger charge is 2.24. The predicted octanol–water partition coefficient (Wildman–Crippen LogP) is 3.56. The first-order valence-electron chi connectivity index (χ1n) is 6.70. The molecule has 1 aromatic carbocycles. The minimum absolute atomic E-state index is 0.297. The number of hydrogen-bond acceptors (Lipinski definition) is 3. The maximum Gasteiger partial charge on any atom is 0.338 e. The molecule has 1 N–H and O–H groups in total. The molecule has 0 amide bonds. The molecule has 0 fully saturated rings. The summed E-state index contributed by atoms with van der Waals surface area (Å²) in [5, 5.41) is 9.67. The van der Waals surface area contributed by atoms with Crippen LogP contribution in [0.15, 0.2) is 30.3 Å². The van der Waals surface area contributed by atoms with Crippen molar-refractivity contribution >= 4 is 5.97 Å². The number of rotatable bonds is 6. The summed E-state index contributed by atoms with van der Waals surface area (Å²) in [7, 11) is 0. The van der Waals surface area contributed by atoms with Gasteiger partial charge in [-0.1, -0.05) is 18.2 Å². The van der Waals surface area contributed by atoms with E-state index in [-0.39, 0.29) is 5.97 Å². The first-order valence-corrected chi connectivity index (χ1v) is 6.70. The fourth-order valence-corrected chi connectivity index (χ4v) is 1.88. The van der Waals surface area contributed by atoms with Gasteiger partial charge in [-0.15, -0.1) is 0 Å². The van der Waals surface area contributed by atoms with Gasteiger partial charge < -0.3 is 9.84 Å². The Kier molecular flexibility index (Phi) is 5.12. The Morgan fingerprint density at radius 2 is 1.68 bits per heavy atom. The van der Waals surface area contributed by atoms with Crippen LogP contribution in [0.2, 0.25) is 0 Å². The van der Waals surface area contributed by atoms with Crippen LogP contribution in [-0.4, -0.2) is 22.3 Å². The summed E-state index contributed by atoms with van der Waals surface area (Å²) in [6, 6.07) is 8.99. The van der Waals surface area contributed by atoms with Crippen molar-refractivity contribution in [1.29, 1.82) is 0 Å². The largest absolute Gasteiger partial charge is 0.456 e. The average Bonchev–Trinajstić information content (AvgIpc) is 2.27. The lowest BCUT2D eigenvalue weighted by Crippen LogP contribution is -2.29. The van der Waals surface area contributed by atoms with Crippen molar-refractivity contribution < 1.29 is 14.6 Å². The molecule has 0 bridgehead atoms. The second-order valence-corrected chi connectivity index (χ2v) is 6.18. The smallest absolute Gasteiger partial charge is 0.338 e. The number of carbonyl (C=O) groups is 1. The summed E-state index contributed by atoms with van der Waals surface area (Å²) < 4.78 is 5.52. The highest BCUT2D eigenvalue weighted by Crippen LogP contribution is 2.22. The molecule has 0 aromatic heterocycles. The van der Waals surface area contributed by atoms with Gasteiger partial charge in [0.15, 0.2) is 0 Å². The van der Waals surface area contributed by atoms with Crippen LogP contribution in [0, 0.1) is 0 Å². The lowest BCUT2D eigenvalue weighted by Gasteiger charge is -2.26. The fourth-order valence-electron chi connectivity index (χ4n) is 1.88. The van der Waals surface area contributed by atoms with Crippen LogP contribution in [0.25, 0.3) is 0 Å². The Balaban J connectivity index is 2.48. The SMILES string of the molecule is CC(C)(O)CCCC(C)(C)OC(=O)c1ccccc1. The van der Waals surface area contributed by atoms with Gasteiger partial charge in [-0.05, 0) is 59.1 Å². The first kappa shape index (κ1) is 15.7. The third-order valence-electron chi connectivity index (χ3n) is 2.95. The van der Waals surface area contributed by atoms with Crippen molar-refractivity contribution in [3.8, 4) is 0 Å². The van der Waals surface area contributed by atoms with Crippen molar-refractivity contribution in [1.82, 2.24) is 0 Å². The van der Waals surface area contributed by atoms with Crippen LogP contribution in [0.5, 0.6) is 0 Å². The molecule has 3 heteroatoms. The summed E-state index contributed by atoms with van der Waals surface area (Å²) in [4.78, 5) is 11.9. The number of carbonyl (C=O) groups excluding carboxylic acids is 1. The molecular weight excluding hydrogens is 240 g/mol. The normalized spacial score (nSPS) is 12.3. The highest BCUT2D eigenvalue weighted by atomic mass is 16.6. The summed E-state index contributed by atoms with van der Waals surface area (Å²) in [5.41, 5.74) is -0.615. The van der Waals surface area contributed by atoms with E-state index < -0.39 is 11.2 Å². The van der Waals surface area contributed by atoms with E-state index in [1.54, 1.807) is 26.0 Å². The second kappa shape index (κ2) is 6.20. The molecule has 0 saturated heterocycles. The Bertz CT molecular complexity index is 402. The Morgan fingerprint density at radius 3 is 2.21 bits per heavy atom. The van der Waals surface area contributed by atoms with Crippen molar-refractivity contribution in [2.75, 3.05) is 0 Å². The zero-order valence-electron chi connectivity index (χ0n) is 12.3. The summed E-state index contributed by atoms with van der Waals surface area (Å²) >= 11 is 0. The quantitative estimate of drug-likeness (QED) is 0.799. The van der Waals surface area contributed by atoms with Crippen molar-refractivity contribution in [3.05, 3.63) is 35.9 Å². The number of hydrogen-bond donors (Lipinski definition) is 1. The van der Waals surface area contributed by atoms with E-state index in [1.807, 2.05) is 32.0 Å². The molecule has 1 aromatic rings. The van der Waals surface area contributed by atoms with Crippen molar-refractivity contribution in [3.63, 3.8) is 0 Å². The second-order valence-electron chi connectivity index (χ2n) is 6.18. The van der Waals surface area contributed by atoms with Crippen molar-refractivity contribution in [2.45, 2.75) is 58.2 Å². The molecule has 0 spiro atoms. The summed E-state index contributed by atoms with van der Waals surface area (Å²) in [5.74, 6) is -0.297. The molecule has 0 atom stereocenters. The molecule has 0 unspecified atom stereocenters. The van der Waals surface area contributed by atoms with E-state index >= 15 is 0 Å². The topological polar surface area (TPSA) is 46.5 Å². The van der Waals surface area contributed by atoms with Gasteiger partial charge in [0.05, 0.1) is 11.2 Å². The molecule has 1 rings (SSSR count). The number of esters is 1. The number of benzene rings is 1. The lowest BCUT2D eigenvalue weighted by molar-refractivity contribution is -0.00895. The zero-order chi connectivity index (χ0) is 14.5. The standard InChI is InChI=1S/C16H24O3/c1-15(2,18)11-8-12-16(3,4)19-14(17)13-9-6-5-7-10-13/h5-7,9-10,18H,8,11-12H2,1-4H3. The summed E-state index contributed by atoms with van der Waals surface area (Å²) in [6.45, 7) is 7.38. The van der Waals surface area contributed by atoms with Crippen LogP contribution in [0.3, 0.4) is 0 Å². The fraction of sp³-hybridized carbons (Fsp3) is 0.562. The van der Waals surface area contributed by atoms with Gasteiger partial charge in [0, 0.05) is 0 Å². The van der Waals surface area contributed by atoms with E-state index in [0.717, 1.165) is 12.8 Å². The van der Waals surface area contributed by atoms with E-state index in [2.05, 4.69) is 0 Å². The van der Waals surface area contributed by atoms with Gasteiger partial charge in [-0.3, -0.25) is 0 Å². The molecule has 3 nitrogen and oxygen atoms in total. The molecule has 106 valence electrons. The van der Waals surface area contributed by atoms with Gasteiger partial charge >= 0.3 is 5.97 Å². The molecule has 0 heterocycles. The van der Waals surface area contributed by atoms with Gasteiger partial charge in [0.2, 0.25) is 0 Å².